The Bertz CT molecular complexity index is 911. The van der Waals surface area contributed by atoms with Gasteiger partial charge in [0.25, 0.3) is 0 Å². The van der Waals surface area contributed by atoms with E-state index in [0.29, 0.717) is 16.7 Å². The molecular weight excluding hydrogens is 276 g/mol. The third-order valence-corrected chi connectivity index (χ3v) is 3.62. The van der Waals surface area contributed by atoms with Crippen molar-refractivity contribution < 1.29 is 9.53 Å². The molecule has 3 rings (SSSR count). The van der Waals surface area contributed by atoms with E-state index in [1.54, 1.807) is 19.4 Å². The van der Waals surface area contributed by atoms with Gasteiger partial charge in [0, 0.05) is 23.5 Å². The zero-order valence-electron chi connectivity index (χ0n) is 11.9. The molecule has 0 saturated carbocycles. The summed E-state index contributed by atoms with van der Waals surface area (Å²) in [5.41, 5.74) is 2.44. The third kappa shape index (κ3) is 2.19. The van der Waals surface area contributed by atoms with Gasteiger partial charge in [0.15, 0.2) is 6.29 Å². The number of carbonyl (C=O) groups is 1. The molecule has 106 valence electrons. The molecule has 0 bridgehead atoms. The average Bonchev–Trinajstić information content (AvgIpc) is 2.60. The van der Waals surface area contributed by atoms with Crippen molar-refractivity contribution in [3.8, 4) is 22.9 Å². The minimum Gasteiger partial charge on any atom is -0.497 e. The predicted molar refractivity (Wildman–Crippen MR) is 83.8 cm³/mol. The number of hydrogen-bond donors (Lipinski definition) is 0. The van der Waals surface area contributed by atoms with Gasteiger partial charge in [0.1, 0.15) is 11.8 Å². The molecule has 0 atom stereocenters. The molecule has 0 fully saturated rings. The predicted octanol–water partition coefficient (Wildman–Crippen LogP) is 3.59. The maximum atomic E-state index is 11.6. The number of carbonyl (C=O) groups excluding carboxylic acids is 1. The Balaban J connectivity index is 2.32. The quantitative estimate of drug-likeness (QED) is 0.691. The van der Waals surface area contributed by atoms with Gasteiger partial charge in [-0.3, -0.25) is 9.78 Å². The van der Waals surface area contributed by atoms with E-state index in [2.05, 4.69) is 11.1 Å². The minimum absolute atomic E-state index is 0.443. The van der Waals surface area contributed by atoms with Crippen molar-refractivity contribution in [1.82, 2.24) is 4.98 Å². The number of benzene rings is 2. The van der Waals surface area contributed by atoms with Gasteiger partial charge in [-0.05, 0) is 40.6 Å². The normalized spacial score (nSPS) is 10.2. The lowest BCUT2D eigenvalue weighted by Gasteiger charge is -2.11. The second-order valence-corrected chi connectivity index (χ2v) is 4.76. The van der Waals surface area contributed by atoms with Crippen molar-refractivity contribution in [3.05, 3.63) is 59.9 Å². The maximum Gasteiger partial charge on any atom is 0.151 e. The van der Waals surface area contributed by atoms with Crippen LogP contribution in [0.25, 0.3) is 21.9 Å². The number of pyridine rings is 1. The van der Waals surface area contributed by atoms with Crippen LogP contribution in [0.5, 0.6) is 5.75 Å². The van der Waals surface area contributed by atoms with Crippen LogP contribution >= 0.6 is 0 Å². The first-order chi connectivity index (χ1) is 10.8. The Kier molecular flexibility index (Phi) is 3.55. The zero-order valence-corrected chi connectivity index (χ0v) is 11.9. The van der Waals surface area contributed by atoms with Gasteiger partial charge >= 0.3 is 0 Å². The highest BCUT2D eigenvalue weighted by Gasteiger charge is 2.12. The first-order valence-corrected chi connectivity index (χ1v) is 6.69. The van der Waals surface area contributed by atoms with E-state index in [9.17, 15) is 10.1 Å². The Morgan fingerprint density at radius 2 is 2.05 bits per heavy atom. The minimum atomic E-state index is 0.443. The molecule has 0 amide bonds. The van der Waals surface area contributed by atoms with Crippen molar-refractivity contribution in [2.45, 2.75) is 0 Å². The molecule has 1 aromatic heterocycles. The van der Waals surface area contributed by atoms with Gasteiger partial charge in [-0.2, -0.15) is 5.26 Å². The van der Waals surface area contributed by atoms with Gasteiger partial charge in [-0.15, -0.1) is 0 Å². The molecule has 0 aliphatic carbocycles. The van der Waals surface area contributed by atoms with Crippen molar-refractivity contribution in [2.75, 3.05) is 7.11 Å². The number of hydrogen-bond acceptors (Lipinski definition) is 4. The molecule has 4 heteroatoms. The van der Waals surface area contributed by atoms with E-state index in [0.717, 1.165) is 28.4 Å². The highest BCUT2D eigenvalue weighted by molar-refractivity contribution is 6.05. The first-order valence-electron chi connectivity index (χ1n) is 6.69. The van der Waals surface area contributed by atoms with Gasteiger partial charge in [-0.25, -0.2) is 0 Å². The highest BCUT2D eigenvalue weighted by Crippen LogP contribution is 2.32. The highest BCUT2D eigenvalue weighted by atomic mass is 16.5. The van der Waals surface area contributed by atoms with Gasteiger partial charge in [0.05, 0.1) is 12.7 Å². The summed E-state index contributed by atoms with van der Waals surface area (Å²) >= 11 is 0. The van der Waals surface area contributed by atoms with Crippen molar-refractivity contribution in [2.24, 2.45) is 0 Å². The van der Waals surface area contributed by atoms with Crippen LogP contribution in [0.4, 0.5) is 0 Å². The fourth-order valence-electron chi connectivity index (χ4n) is 2.54. The number of aldehydes is 1. The fraction of sp³-hybridized carbons (Fsp3) is 0.0556. The number of methoxy groups -OCH3 is 1. The summed E-state index contributed by atoms with van der Waals surface area (Å²) < 4.78 is 5.21. The summed E-state index contributed by atoms with van der Waals surface area (Å²) in [5.74, 6) is 0.735. The summed E-state index contributed by atoms with van der Waals surface area (Å²) in [6, 6.07) is 13.2. The summed E-state index contributed by atoms with van der Waals surface area (Å²) in [5, 5.41) is 11.0. The Labute approximate surface area is 127 Å². The molecule has 4 nitrogen and oxygen atoms in total. The Morgan fingerprint density at radius 3 is 2.77 bits per heavy atom. The Hall–Kier alpha value is -3.19. The van der Waals surface area contributed by atoms with Crippen LogP contribution in [-0.2, 0) is 0 Å². The lowest BCUT2D eigenvalue weighted by Crippen LogP contribution is -1.94. The lowest BCUT2D eigenvalue weighted by molar-refractivity contribution is 0.112. The maximum absolute atomic E-state index is 11.6. The van der Waals surface area contributed by atoms with E-state index >= 15 is 0 Å². The van der Waals surface area contributed by atoms with Crippen LogP contribution in [-0.4, -0.2) is 18.4 Å². The molecule has 2 aromatic carbocycles. The number of fused-ring (bicyclic) bond motifs is 1. The monoisotopic (exact) mass is 288 g/mol. The van der Waals surface area contributed by atoms with E-state index in [4.69, 9.17) is 4.74 Å². The summed E-state index contributed by atoms with van der Waals surface area (Å²) in [7, 11) is 1.60. The van der Waals surface area contributed by atoms with Crippen molar-refractivity contribution in [1.29, 1.82) is 5.26 Å². The second kappa shape index (κ2) is 5.66. The second-order valence-electron chi connectivity index (χ2n) is 4.76. The van der Waals surface area contributed by atoms with Crippen LogP contribution in [0.15, 0.2) is 48.8 Å². The van der Waals surface area contributed by atoms with Gasteiger partial charge in [-0.1, -0.05) is 12.1 Å². The van der Waals surface area contributed by atoms with Gasteiger partial charge < -0.3 is 4.74 Å². The smallest absolute Gasteiger partial charge is 0.151 e. The van der Waals surface area contributed by atoms with Crippen LogP contribution < -0.4 is 4.74 Å². The zero-order chi connectivity index (χ0) is 15.5. The van der Waals surface area contributed by atoms with Crippen LogP contribution in [0.2, 0.25) is 0 Å². The van der Waals surface area contributed by atoms with E-state index in [1.165, 1.54) is 6.20 Å². The molecule has 1 heterocycles. The van der Waals surface area contributed by atoms with Crippen LogP contribution in [0.1, 0.15) is 15.9 Å². The number of nitriles is 1. The standard InChI is InChI=1S/C18H12N2O2/c1-22-14-3-5-15-12(8-14)2-4-17(18(15)11-21)16-6-7-20-10-13(16)9-19/h2-8,10-11H,1H3. The molecule has 3 aromatic rings. The number of rotatable bonds is 3. The number of aromatic nitrogens is 1. The topological polar surface area (TPSA) is 63.0 Å². The molecule has 0 radical (unpaired) electrons. The first kappa shape index (κ1) is 13.8. The molecule has 22 heavy (non-hydrogen) atoms. The van der Waals surface area contributed by atoms with Crippen LogP contribution in [0.3, 0.4) is 0 Å². The molecule has 0 spiro atoms. The van der Waals surface area contributed by atoms with E-state index in [-0.39, 0.29) is 0 Å². The molecular formula is C18H12N2O2. The SMILES string of the molecule is COc1ccc2c(C=O)c(-c3ccncc3C#N)ccc2c1. The molecule has 0 aliphatic rings. The molecule has 0 saturated heterocycles. The van der Waals surface area contributed by atoms with E-state index < -0.39 is 0 Å². The van der Waals surface area contributed by atoms with E-state index in [1.807, 2.05) is 30.3 Å². The van der Waals surface area contributed by atoms with Crippen LogP contribution in [0, 0.1) is 11.3 Å². The molecule has 0 aliphatic heterocycles. The Morgan fingerprint density at radius 1 is 1.18 bits per heavy atom. The van der Waals surface area contributed by atoms with Gasteiger partial charge in [0.2, 0.25) is 0 Å². The third-order valence-electron chi connectivity index (χ3n) is 3.62. The number of ether oxygens (including phenoxy) is 1. The largest absolute Gasteiger partial charge is 0.497 e. The van der Waals surface area contributed by atoms with Crippen molar-refractivity contribution >= 4 is 17.1 Å². The average molecular weight is 288 g/mol. The summed E-state index contributed by atoms with van der Waals surface area (Å²) in [6.45, 7) is 0. The summed E-state index contributed by atoms with van der Waals surface area (Å²) in [4.78, 5) is 15.6. The lowest BCUT2D eigenvalue weighted by atomic mass is 9.93. The molecule has 0 unspecified atom stereocenters. The van der Waals surface area contributed by atoms with Crippen molar-refractivity contribution in [3.63, 3.8) is 0 Å². The molecule has 0 N–H and O–H groups in total. The fourth-order valence-corrected chi connectivity index (χ4v) is 2.54. The summed E-state index contributed by atoms with van der Waals surface area (Å²) in [6.07, 6.45) is 3.94. The number of nitrogens with zero attached hydrogens (tertiary/aromatic N) is 2.